The van der Waals surface area contributed by atoms with Crippen LogP contribution in [0.1, 0.15) is 42.4 Å². The summed E-state index contributed by atoms with van der Waals surface area (Å²) in [5, 5.41) is 0. The van der Waals surface area contributed by atoms with Gasteiger partial charge in [0.1, 0.15) is 0 Å². The van der Waals surface area contributed by atoms with E-state index in [0.29, 0.717) is 12.2 Å². The van der Waals surface area contributed by atoms with Crippen molar-refractivity contribution in [3.63, 3.8) is 0 Å². The summed E-state index contributed by atoms with van der Waals surface area (Å²) < 4.78 is 27.8. The van der Waals surface area contributed by atoms with Crippen molar-refractivity contribution in [2.75, 3.05) is 16.2 Å². The first-order valence-electron chi connectivity index (χ1n) is 9.92. The number of hydrogen-bond donors (Lipinski definition) is 1. The van der Waals surface area contributed by atoms with Gasteiger partial charge in [-0.25, -0.2) is 8.42 Å². The van der Waals surface area contributed by atoms with Crippen molar-refractivity contribution in [3.05, 3.63) is 59.2 Å². The summed E-state index contributed by atoms with van der Waals surface area (Å²) in [5.74, 6) is 0.320. The molecule has 1 heterocycles. The summed E-state index contributed by atoms with van der Waals surface area (Å²) in [6.07, 6.45) is 5.02. The first-order valence-corrected chi connectivity index (χ1v) is 11.6. The fourth-order valence-electron chi connectivity index (χ4n) is 4.32. The van der Waals surface area contributed by atoms with Crippen LogP contribution in [0.3, 0.4) is 0 Å². The van der Waals surface area contributed by atoms with E-state index in [1.54, 1.807) is 6.07 Å². The van der Waals surface area contributed by atoms with E-state index in [0.717, 1.165) is 54.5 Å². The molecule has 5 nitrogen and oxygen atoms in total. The molecule has 1 aliphatic carbocycles. The Morgan fingerprint density at radius 2 is 1.93 bits per heavy atom. The third-order valence-corrected chi connectivity index (χ3v) is 6.92. The highest BCUT2D eigenvalue weighted by Gasteiger charge is 2.32. The molecule has 148 valence electrons. The molecule has 1 amide bonds. The molecule has 6 heteroatoms. The molecule has 1 aliphatic heterocycles. The maximum Gasteiger partial charge on any atom is 0.236 e. The number of sulfonamides is 1. The Kier molecular flexibility index (Phi) is 5.15. The molecule has 2 aromatic carbocycles. The number of rotatable bonds is 5. The molecule has 1 fully saturated rings. The van der Waals surface area contributed by atoms with Gasteiger partial charge in [0.2, 0.25) is 15.9 Å². The van der Waals surface area contributed by atoms with E-state index in [4.69, 9.17) is 0 Å². The topological polar surface area (TPSA) is 66.5 Å². The highest BCUT2D eigenvalue weighted by molar-refractivity contribution is 7.91. The lowest BCUT2D eigenvalue weighted by atomic mass is 10.1. The van der Waals surface area contributed by atoms with E-state index in [9.17, 15) is 13.2 Å². The van der Waals surface area contributed by atoms with Crippen molar-refractivity contribution in [1.29, 1.82) is 0 Å². The fraction of sp³-hybridized carbons (Fsp3) is 0.409. The van der Waals surface area contributed by atoms with Crippen LogP contribution in [0.5, 0.6) is 0 Å². The van der Waals surface area contributed by atoms with Gasteiger partial charge >= 0.3 is 0 Å². The van der Waals surface area contributed by atoms with Crippen LogP contribution in [0.2, 0.25) is 0 Å². The van der Waals surface area contributed by atoms with Crippen LogP contribution in [0.15, 0.2) is 42.5 Å². The van der Waals surface area contributed by atoms with E-state index in [1.165, 1.54) is 0 Å². The van der Waals surface area contributed by atoms with Crippen molar-refractivity contribution in [3.8, 4) is 0 Å². The van der Waals surface area contributed by atoms with Crippen LogP contribution < -0.4 is 9.62 Å². The lowest BCUT2D eigenvalue weighted by molar-refractivity contribution is -0.122. The second-order valence-corrected chi connectivity index (χ2v) is 9.64. The minimum Gasteiger partial charge on any atom is -0.312 e. The summed E-state index contributed by atoms with van der Waals surface area (Å²) >= 11 is 0. The number of aryl methyl sites for hydroxylation is 1. The summed E-state index contributed by atoms with van der Waals surface area (Å²) in [4.78, 5) is 14.7. The average Bonchev–Trinajstić information content (AvgIpc) is 3.30. The third kappa shape index (κ3) is 4.07. The standard InChI is InChI=1S/C22H26N2O3S/c1-16-5-4-6-17(13-16)15-28(26,27)23-20-9-10-21-19(14-20)11-12-24(21)22(25)18-7-2-3-8-18/h4-6,9-10,13-14,18,23H,2-3,7-8,11-12,15H2,1H3. The SMILES string of the molecule is Cc1cccc(CS(=O)(=O)Nc2ccc3c(c2)CCN3C(=O)C2CCCC2)c1. The molecule has 2 aliphatic rings. The lowest BCUT2D eigenvalue weighted by Crippen LogP contribution is -2.33. The zero-order valence-electron chi connectivity index (χ0n) is 16.1. The number of nitrogens with one attached hydrogen (secondary N) is 1. The predicted octanol–water partition coefficient (Wildman–Crippen LogP) is 4.02. The Hall–Kier alpha value is -2.34. The molecule has 4 rings (SSSR count). The first kappa shape index (κ1) is 19.0. The second-order valence-electron chi connectivity index (χ2n) is 7.91. The van der Waals surface area contributed by atoms with Gasteiger partial charge < -0.3 is 4.90 Å². The molecule has 0 bridgehead atoms. The molecular weight excluding hydrogens is 372 g/mol. The summed E-state index contributed by atoms with van der Waals surface area (Å²) in [7, 11) is -3.50. The molecule has 0 atom stereocenters. The van der Waals surface area contributed by atoms with Crippen molar-refractivity contribution in [1.82, 2.24) is 0 Å². The Morgan fingerprint density at radius 3 is 2.68 bits per heavy atom. The van der Waals surface area contributed by atoms with Crippen LogP contribution in [-0.2, 0) is 27.0 Å². The van der Waals surface area contributed by atoms with Crippen LogP contribution in [0.4, 0.5) is 11.4 Å². The van der Waals surface area contributed by atoms with Gasteiger partial charge in [0, 0.05) is 23.8 Å². The molecule has 0 spiro atoms. The number of amides is 1. The zero-order valence-corrected chi connectivity index (χ0v) is 17.0. The molecule has 1 saturated carbocycles. The normalized spacial score (nSPS) is 17.0. The lowest BCUT2D eigenvalue weighted by Gasteiger charge is -2.21. The molecule has 0 saturated heterocycles. The van der Waals surface area contributed by atoms with Crippen LogP contribution >= 0.6 is 0 Å². The number of carbonyl (C=O) groups excluding carboxylic acids is 1. The van der Waals surface area contributed by atoms with E-state index < -0.39 is 10.0 Å². The molecule has 2 aromatic rings. The third-order valence-electron chi connectivity index (χ3n) is 5.66. The molecule has 0 unspecified atom stereocenters. The molecule has 0 radical (unpaired) electrons. The van der Waals surface area contributed by atoms with Gasteiger partial charge in [-0.05, 0) is 55.5 Å². The maximum atomic E-state index is 12.8. The van der Waals surface area contributed by atoms with Crippen LogP contribution in [-0.4, -0.2) is 20.9 Å². The Labute approximate surface area is 166 Å². The van der Waals surface area contributed by atoms with E-state index in [2.05, 4.69) is 4.72 Å². The first-order chi connectivity index (χ1) is 13.4. The summed E-state index contributed by atoms with van der Waals surface area (Å²) in [6.45, 7) is 2.63. The monoisotopic (exact) mass is 398 g/mol. The highest BCUT2D eigenvalue weighted by atomic mass is 32.2. The van der Waals surface area contributed by atoms with E-state index in [1.807, 2.05) is 48.2 Å². The van der Waals surface area contributed by atoms with Gasteiger partial charge in [0.25, 0.3) is 0 Å². The van der Waals surface area contributed by atoms with Gasteiger partial charge in [-0.3, -0.25) is 9.52 Å². The number of anilines is 2. The summed E-state index contributed by atoms with van der Waals surface area (Å²) in [5.41, 5.74) is 4.32. The van der Waals surface area contributed by atoms with Crippen LogP contribution in [0.25, 0.3) is 0 Å². The van der Waals surface area contributed by atoms with Crippen molar-refractivity contribution < 1.29 is 13.2 Å². The van der Waals surface area contributed by atoms with Gasteiger partial charge in [-0.1, -0.05) is 42.7 Å². The minimum absolute atomic E-state index is 0.0575. The zero-order chi connectivity index (χ0) is 19.7. The number of fused-ring (bicyclic) bond motifs is 1. The number of hydrogen-bond acceptors (Lipinski definition) is 3. The smallest absolute Gasteiger partial charge is 0.236 e. The fourth-order valence-corrected chi connectivity index (χ4v) is 5.50. The van der Waals surface area contributed by atoms with E-state index in [-0.39, 0.29) is 17.6 Å². The average molecular weight is 399 g/mol. The largest absolute Gasteiger partial charge is 0.312 e. The van der Waals surface area contributed by atoms with Gasteiger partial charge in [-0.15, -0.1) is 0 Å². The Balaban J connectivity index is 1.48. The Morgan fingerprint density at radius 1 is 1.14 bits per heavy atom. The number of benzene rings is 2. The molecule has 28 heavy (non-hydrogen) atoms. The van der Waals surface area contributed by atoms with Gasteiger partial charge in [0.05, 0.1) is 5.75 Å². The van der Waals surface area contributed by atoms with Crippen molar-refractivity contribution in [2.24, 2.45) is 5.92 Å². The van der Waals surface area contributed by atoms with E-state index >= 15 is 0 Å². The second kappa shape index (κ2) is 7.59. The molecule has 0 aromatic heterocycles. The highest BCUT2D eigenvalue weighted by Crippen LogP contribution is 2.35. The van der Waals surface area contributed by atoms with Crippen molar-refractivity contribution in [2.45, 2.75) is 44.8 Å². The maximum absolute atomic E-state index is 12.8. The Bertz CT molecular complexity index is 995. The predicted molar refractivity (Wildman–Crippen MR) is 112 cm³/mol. The van der Waals surface area contributed by atoms with Gasteiger partial charge in [0.15, 0.2) is 0 Å². The summed E-state index contributed by atoms with van der Waals surface area (Å²) in [6, 6.07) is 13.0. The quantitative estimate of drug-likeness (QED) is 0.827. The van der Waals surface area contributed by atoms with Crippen LogP contribution in [0, 0.1) is 12.8 Å². The number of nitrogens with zero attached hydrogens (tertiary/aromatic N) is 1. The number of carbonyl (C=O) groups is 1. The molecular formula is C22H26N2O3S. The van der Waals surface area contributed by atoms with Gasteiger partial charge in [-0.2, -0.15) is 0 Å². The van der Waals surface area contributed by atoms with Crippen molar-refractivity contribution >= 4 is 27.3 Å². The molecule has 1 N–H and O–H groups in total. The minimum atomic E-state index is -3.50.